The molecule has 0 fully saturated rings. The van der Waals surface area contributed by atoms with Gasteiger partial charge in [0.1, 0.15) is 6.10 Å². The molecule has 0 aliphatic rings. The van der Waals surface area contributed by atoms with Crippen LogP contribution in [0.4, 0.5) is 0 Å². The molecule has 21 heavy (non-hydrogen) atoms. The fourth-order valence-corrected chi connectivity index (χ4v) is 2.08. The van der Waals surface area contributed by atoms with Gasteiger partial charge in [-0.05, 0) is 23.6 Å². The average Bonchev–Trinajstić information content (AvgIpc) is 2.55. The van der Waals surface area contributed by atoms with Crippen LogP contribution in [0.15, 0.2) is 54.6 Å². The second-order valence-electron chi connectivity index (χ2n) is 4.78. The van der Waals surface area contributed by atoms with Gasteiger partial charge in [-0.15, -0.1) is 0 Å². The van der Waals surface area contributed by atoms with Gasteiger partial charge in [0, 0.05) is 6.61 Å². The molecule has 112 valence electrons. The molecule has 1 N–H and O–H groups in total. The van der Waals surface area contributed by atoms with Gasteiger partial charge in [0.15, 0.2) is 0 Å². The molecule has 1 atom stereocenters. The van der Waals surface area contributed by atoms with Crippen molar-refractivity contribution >= 4 is 0 Å². The van der Waals surface area contributed by atoms with Gasteiger partial charge >= 0.3 is 0 Å². The Morgan fingerprint density at radius 3 is 2.14 bits per heavy atom. The minimum Gasteiger partial charge on any atom is -0.386 e. The zero-order valence-corrected chi connectivity index (χ0v) is 12.4. The van der Waals surface area contributed by atoms with Gasteiger partial charge in [-0.2, -0.15) is 0 Å². The Kier molecular flexibility index (Phi) is 6.41. The maximum Gasteiger partial charge on any atom is 0.102 e. The quantitative estimate of drug-likeness (QED) is 0.755. The molecule has 3 nitrogen and oxygen atoms in total. The highest BCUT2D eigenvalue weighted by atomic mass is 16.5. The first kappa shape index (κ1) is 15.7. The Balaban J connectivity index is 1.87. The second-order valence-corrected chi connectivity index (χ2v) is 4.78. The van der Waals surface area contributed by atoms with Crippen LogP contribution in [0.25, 0.3) is 11.1 Å². The zero-order valence-electron chi connectivity index (χ0n) is 12.4. The summed E-state index contributed by atoms with van der Waals surface area (Å²) >= 11 is 0. The SMILES string of the molecule is CCOCCOCC(O)c1ccc(-c2ccccc2)cc1. The molecule has 2 aromatic carbocycles. The first-order valence-electron chi connectivity index (χ1n) is 7.30. The Morgan fingerprint density at radius 2 is 1.48 bits per heavy atom. The molecule has 0 saturated heterocycles. The molecular formula is C18H22O3. The highest BCUT2D eigenvalue weighted by Gasteiger charge is 2.07. The third-order valence-electron chi connectivity index (χ3n) is 3.25. The third-order valence-corrected chi connectivity index (χ3v) is 3.25. The number of aliphatic hydroxyl groups is 1. The van der Waals surface area contributed by atoms with Crippen molar-refractivity contribution in [1.29, 1.82) is 0 Å². The summed E-state index contributed by atoms with van der Waals surface area (Å²) in [5, 5.41) is 10.1. The minimum absolute atomic E-state index is 0.289. The van der Waals surface area contributed by atoms with Gasteiger partial charge in [0.25, 0.3) is 0 Å². The van der Waals surface area contributed by atoms with Crippen molar-refractivity contribution in [2.45, 2.75) is 13.0 Å². The van der Waals surface area contributed by atoms with Crippen LogP contribution in [-0.4, -0.2) is 31.5 Å². The fourth-order valence-electron chi connectivity index (χ4n) is 2.08. The van der Waals surface area contributed by atoms with Crippen molar-refractivity contribution < 1.29 is 14.6 Å². The zero-order chi connectivity index (χ0) is 14.9. The van der Waals surface area contributed by atoms with E-state index in [0.717, 1.165) is 11.1 Å². The van der Waals surface area contributed by atoms with Gasteiger partial charge in [-0.3, -0.25) is 0 Å². The lowest BCUT2D eigenvalue weighted by molar-refractivity contribution is 0.00532. The van der Waals surface area contributed by atoms with Gasteiger partial charge in [0.05, 0.1) is 19.8 Å². The van der Waals surface area contributed by atoms with E-state index in [1.807, 2.05) is 49.4 Å². The van der Waals surface area contributed by atoms with Crippen LogP contribution in [0.2, 0.25) is 0 Å². The molecule has 2 aromatic rings. The maximum atomic E-state index is 10.1. The smallest absolute Gasteiger partial charge is 0.102 e. The Bertz CT molecular complexity index is 508. The predicted octanol–water partition coefficient (Wildman–Crippen LogP) is 3.44. The van der Waals surface area contributed by atoms with Gasteiger partial charge in [-0.25, -0.2) is 0 Å². The molecule has 3 heteroatoms. The van der Waals surface area contributed by atoms with E-state index in [2.05, 4.69) is 12.1 Å². The highest BCUT2D eigenvalue weighted by molar-refractivity contribution is 5.63. The van der Waals surface area contributed by atoms with E-state index in [9.17, 15) is 5.11 Å². The molecule has 0 spiro atoms. The average molecular weight is 286 g/mol. The molecule has 0 heterocycles. The molecule has 0 bridgehead atoms. The van der Waals surface area contributed by atoms with E-state index in [-0.39, 0.29) is 6.61 Å². The van der Waals surface area contributed by atoms with Gasteiger partial charge < -0.3 is 14.6 Å². The molecule has 0 aliphatic carbocycles. The molecule has 0 radical (unpaired) electrons. The topological polar surface area (TPSA) is 38.7 Å². The standard InChI is InChI=1S/C18H22O3/c1-2-20-12-13-21-14-18(19)17-10-8-16(9-11-17)15-6-4-3-5-7-15/h3-11,18-19H,2,12-14H2,1H3. The van der Waals surface area contributed by atoms with Crippen molar-refractivity contribution in [2.75, 3.05) is 26.4 Å². The third kappa shape index (κ3) is 4.97. The lowest BCUT2D eigenvalue weighted by Gasteiger charge is -2.12. The summed E-state index contributed by atoms with van der Waals surface area (Å²) in [4.78, 5) is 0. The summed E-state index contributed by atoms with van der Waals surface area (Å²) < 4.78 is 10.6. The van der Waals surface area contributed by atoms with Crippen LogP contribution in [-0.2, 0) is 9.47 Å². The Morgan fingerprint density at radius 1 is 0.857 bits per heavy atom. The maximum absolute atomic E-state index is 10.1. The van der Waals surface area contributed by atoms with Crippen molar-refractivity contribution in [1.82, 2.24) is 0 Å². The minimum atomic E-state index is -0.601. The summed E-state index contributed by atoms with van der Waals surface area (Å²) in [6, 6.07) is 18.1. The molecule has 0 amide bonds. The summed E-state index contributed by atoms with van der Waals surface area (Å²) in [6.07, 6.45) is -0.601. The highest BCUT2D eigenvalue weighted by Crippen LogP contribution is 2.21. The van der Waals surface area contributed by atoms with Crippen molar-refractivity contribution in [3.63, 3.8) is 0 Å². The van der Waals surface area contributed by atoms with E-state index in [1.165, 1.54) is 5.56 Å². The van der Waals surface area contributed by atoms with Crippen LogP contribution in [0.1, 0.15) is 18.6 Å². The second kappa shape index (κ2) is 8.57. The lowest BCUT2D eigenvalue weighted by Crippen LogP contribution is -2.11. The van der Waals surface area contributed by atoms with Gasteiger partial charge in [0.2, 0.25) is 0 Å². The summed E-state index contributed by atoms with van der Waals surface area (Å²) in [5.41, 5.74) is 3.18. The lowest BCUT2D eigenvalue weighted by atomic mass is 10.0. The molecular weight excluding hydrogens is 264 g/mol. The van der Waals surface area contributed by atoms with Crippen LogP contribution in [0.5, 0.6) is 0 Å². The normalized spacial score (nSPS) is 12.3. The molecule has 0 saturated carbocycles. The fraction of sp³-hybridized carbons (Fsp3) is 0.333. The first-order valence-corrected chi connectivity index (χ1v) is 7.30. The summed E-state index contributed by atoms with van der Waals surface area (Å²) in [7, 11) is 0. The van der Waals surface area contributed by atoms with Crippen molar-refractivity contribution in [3.05, 3.63) is 60.2 Å². The Labute approximate surface area is 126 Å². The number of benzene rings is 2. The van der Waals surface area contributed by atoms with Gasteiger partial charge in [-0.1, -0.05) is 54.6 Å². The van der Waals surface area contributed by atoms with Crippen molar-refractivity contribution in [2.24, 2.45) is 0 Å². The number of hydrogen-bond donors (Lipinski definition) is 1. The molecule has 0 aliphatic heterocycles. The monoisotopic (exact) mass is 286 g/mol. The van der Waals surface area contributed by atoms with Crippen LogP contribution in [0, 0.1) is 0 Å². The predicted molar refractivity (Wildman–Crippen MR) is 84.1 cm³/mol. The number of rotatable bonds is 8. The Hall–Kier alpha value is -1.68. The largest absolute Gasteiger partial charge is 0.386 e. The van der Waals surface area contributed by atoms with Crippen LogP contribution >= 0.6 is 0 Å². The van der Waals surface area contributed by atoms with Crippen molar-refractivity contribution in [3.8, 4) is 11.1 Å². The molecule has 2 rings (SSSR count). The van der Waals surface area contributed by atoms with Crippen LogP contribution in [0.3, 0.4) is 0 Å². The molecule has 1 unspecified atom stereocenters. The number of hydrogen-bond acceptors (Lipinski definition) is 3. The number of aliphatic hydroxyl groups excluding tert-OH is 1. The number of ether oxygens (including phenoxy) is 2. The summed E-state index contributed by atoms with van der Waals surface area (Å²) in [6.45, 7) is 4.00. The molecule has 0 aromatic heterocycles. The van der Waals surface area contributed by atoms with E-state index < -0.39 is 6.10 Å². The summed E-state index contributed by atoms with van der Waals surface area (Å²) in [5.74, 6) is 0. The van der Waals surface area contributed by atoms with Crippen LogP contribution < -0.4 is 0 Å². The van der Waals surface area contributed by atoms with E-state index in [0.29, 0.717) is 19.8 Å². The van der Waals surface area contributed by atoms with E-state index in [1.54, 1.807) is 0 Å². The van der Waals surface area contributed by atoms with E-state index >= 15 is 0 Å². The first-order chi connectivity index (χ1) is 10.3. The van der Waals surface area contributed by atoms with E-state index in [4.69, 9.17) is 9.47 Å².